The van der Waals surface area contributed by atoms with Crippen LogP contribution in [0.4, 0.5) is 21.4 Å². The smallest absolute Gasteiger partial charge is 0.324 e. The highest BCUT2D eigenvalue weighted by Gasteiger charge is 2.25. The van der Waals surface area contributed by atoms with Gasteiger partial charge in [0.15, 0.2) is 5.13 Å². The van der Waals surface area contributed by atoms with E-state index in [4.69, 9.17) is 9.84 Å². The Labute approximate surface area is 270 Å². The number of rotatable bonds is 8. The van der Waals surface area contributed by atoms with E-state index in [9.17, 15) is 14.7 Å². The van der Waals surface area contributed by atoms with Gasteiger partial charge in [-0.25, -0.2) is 24.4 Å². The van der Waals surface area contributed by atoms with E-state index < -0.39 is 6.03 Å². The quantitative estimate of drug-likeness (QED) is 0.176. The van der Waals surface area contributed by atoms with Crippen LogP contribution < -0.4 is 20.3 Å². The number of hydrogen-bond acceptors (Lipinski definition) is 9. The fourth-order valence-electron chi connectivity index (χ4n) is 4.90. The minimum atomic E-state index is -0.488. The molecule has 3 aromatic heterocycles. The fraction of sp³-hybridized carbons (Fsp3) is 0.273. The third-order valence-corrected chi connectivity index (χ3v) is 8.56. The molecule has 1 fully saturated rings. The molecule has 0 atom stereocenters. The van der Waals surface area contributed by atoms with Gasteiger partial charge in [0, 0.05) is 30.6 Å². The van der Waals surface area contributed by atoms with Crippen LogP contribution >= 0.6 is 11.3 Å². The number of ether oxygens (including phenoxy) is 1. The van der Waals surface area contributed by atoms with E-state index in [0.29, 0.717) is 30.2 Å². The molecule has 0 bridgehead atoms. The molecule has 4 heterocycles. The van der Waals surface area contributed by atoms with Crippen molar-refractivity contribution in [2.75, 3.05) is 22.1 Å². The molecule has 13 heteroatoms. The van der Waals surface area contributed by atoms with E-state index in [0.717, 1.165) is 44.5 Å². The summed E-state index contributed by atoms with van der Waals surface area (Å²) in [5.74, 6) is 1.15. The number of hydrogen-bond donors (Lipinski definition) is 3. The molecule has 2 aromatic carbocycles. The van der Waals surface area contributed by atoms with E-state index >= 15 is 0 Å². The van der Waals surface area contributed by atoms with E-state index in [1.807, 2.05) is 55.5 Å². The van der Waals surface area contributed by atoms with Gasteiger partial charge >= 0.3 is 12.0 Å². The van der Waals surface area contributed by atoms with Crippen LogP contribution in [0.3, 0.4) is 0 Å². The molecule has 0 spiro atoms. The number of urea groups is 1. The van der Waals surface area contributed by atoms with Crippen molar-refractivity contribution in [3.63, 3.8) is 0 Å². The Morgan fingerprint density at radius 2 is 1.78 bits per heavy atom. The second kappa shape index (κ2) is 12.7. The standard InChI is InChI=1S/C33H34N8O4S/c1-20-14-24(10-7-22(20)19-42)41-28(15-27(39-41)33(2,3)4)38-30(44)37-23-16-34-31(35-17-23)45-25-11-8-21(9-12-25)26-18-36-32(46-26)40-13-5-6-29(40)43/h7-12,14-18,42H,5-6,13,19H2,1-4H3,(H2,37,38,44). The summed E-state index contributed by atoms with van der Waals surface area (Å²) in [6.07, 6.45) is 6.13. The molecule has 1 saturated heterocycles. The highest BCUT2D eigenvalue weighted by Crippen LogP contribution is 2.34. The number of carbonyl (C=O) groups excluding carboxylic acids is 2. The van der Waals surface area contributed by atoms with Gasteiger partial charge in [-0.3, -0.25) is 15.0 Å². The van der Waals surface area contributed by atoms with Gasteiger partial charge in [-0.2, -0.15) is 5.10 Å². The lowest BCUT2D eigenvalue weighted by atomic mass is 9.92. The predicted molar refractivity (Wildman–Crippen MR) is 177 cm³/mol. The zero-order valence-electron chi connectivity index (χ0n) is 25.9. The van der Waals surface area contributed by atoms with Crippen molar-refractivity contribution in [3.8, 4) is 27.9 Å². The van der Waals surface area contributed by atoms with Crippen molar-refractivity contribution in [2.45, 2.75) is 52.6 Å². The number of carbonyl (C=O) groups is 2. The molecule has 5 aromatic rings. The SMILES string of the molecule is Cc1cc(-n2nc(C(C)(C)C)cc2NC(=O)Nc2cnc(Oc3ccc(-c4cnc(N5CCCC5=O)s4)cc3)nc2)ccc1CO. The molecule has 0 saturated carbocycles. The van der Waals surface area contributed by atoms with Crippen molar-refractivity contribution < 1.29 is 19.4 Å². The van der Waals surface area contributed by atoms with Gasteiger partial charge < -0.3 is 15.2 Å². The molecule has 6 rings (SSSR count). The van der Waals surface area contributed by atoms with Crippen LogP contribution in [0.15, 0.2) is 67.1 Å². The minimum Gasteiger partial charge on any atom is -0.424 e. The van der Waals surface area contributed by atoms with Crippen molar-refractivity contribution in [3.05, 3.63) is 83.9 Å². The monoisotopic (exact) mass is 638 g/mol. The number of amides is 3. The summed E-state index contributed by atoms with van der Waals surface area (Å²) in [5, 5.41) is 20.7. The van der Waals surface area contributed by atoms with E-state index in [2.05, 4.69) is 46.4 Å². The summed E-state index contributed by atoms with van der Waals surface area (Å²) in [6.45, 7) is 8.73. The second-order valence-corrected chi connectivity index (χ2v) is 13.0. The van der Waals surface area contributed by atoms with Crippen LogP contribution in [0.1, 0.15) is 50.4 Å². The first-order valence-electron chi connectivity index (χ1n) is 14.8. The van der Waals surface area contributed by atoms with Crippen molar-refractivity contribution in [1.82, 2.24) is 24.7 Å². The average Bonchev–Trinajstić information content (AvgIpc) is 3.78. The molecule has 1 aliphatic heterocycles. The topological polar surface area (TPSA) is 147 Å². The molecule has 236 valence electrons. The van der Waals surface area contributed by atoms with Gasteiger partial charge in [-0.1, -0.05) is 38.2 Å². The van der Waals surface area contributed by atoms with Gasteiger partial charge in [-0.15, -0.1) is 0 Å². The maximum absolute atomic E-state index is 13.0. The number of nitrogens with one attached hydrogen (secondary N) is 2. The number of aliphatic hydroxyl groups excluding tert-OH is 1. The molecule has 0 radical (unpaired) electrons. The highest BCUT2D eigenvalue weighted by molar-refractivity contribution is 7.19. The van der Waals surface area contributed by atoms with Crippen LogP contribution in [-0.4, -0.2) is 48.3 Å². The Morgan fingerprint density at radius 3 is 2.43 bits per heavy atom. The Balaban J connectivity index is 1.09. The molecule has 0 unspecified atom stereocenters. The minimum absolute atomic E-state index is 0.0533. The normalized spacial score (nSPS) is 13.2. The summed E-state index contributed by atoms with van der Waals surface area (Å²) in [6, 6.07) is 14.6. The number of anilines is 3. The largest absolute Gasteiger partial charge is 0.424 e. The summed E-state index contributed by atoms with van der Waals surface area (Å²) in [4.78, 5) is 40.6. The third kappa shape index (κ3) is 6.75. The maximum atomic E-state index is 13.0. The summed E-state index contributed by atoms with van der Waals surface area (Å²) >= 11 is 1.48. The van der Waals surface area contributed by atoms with Gasteiger partial charge in [0.05, 0.1) is 40.9 Å². The first kappa shape index (κ1) is 30.9. The zero-order chi connectivity index (χ0) is 32.4. The lowest BCUT2D eigenvalue weighted by molar-refractivity contribution is -0.117. The summed E-state index contributed by atoms with van der Waals surface area (Å²) < 4.78 is 7.48. The van der Waals surface area contributed by atoms with Gasteiger partial charge in [0.2, 0.25) is 5.91 Å². The second-order valence-electron chi connectivity index (χ2n) is 12.0. The zero-order valence-corrected chi connectivity index (χ0v) is 26.8. The molecule has 0 aliphatic carbocycles. The summed E-state index contributed by atoms with van der Waals surface area (Å²) in [5.41, 5.74) is 4.40. The van der Waals surface area contributed by atoms with Gasteiger partial charge in [0.1, 0.15) is 11.6 Å². The molecule has 12 nitrogen and oxygen atoms in total. The van der Waals surface area contributed by atoms with Crippen LogP contribution in [0.25, 0.3) is 16.1 Å². The van der Waals surface area contributed by atoms with Crippen molar-refractivity contribution >= 4 is 39.9 Å². The van der Waals surface area contributed by atoms with Crippen molar-refractivity contribution in [1.29, 1.82) is 0 Å². The Bertz CT molecular complexity index is 1880. The number of nitrogens with zero attached hydrogens (tertiary/aromatic N) is 6. The number of aliphatic hydroxyl groups is 1. The third-order valence-electron chi connectivity index (χ3n) is 7.49. The lowest BCUT2D eigenvalue weighted by Gasteiger charge is -2.14. The van der Waals surface area contributed by atoms with Crippen molar-refractivity contribution in [2.24, 2.45) is 0 Å². The molecule has 3 amide bonds. The Kier molecular flexibility index (Phi) is 8.52. The molecular weight excluding hydrogens is 604 g/mol. The lowest BCUT2D eigenvalue weighted by Crippen LogP contribution is -2.23. The molecular formula is C33H34N8O4S. The molecule has 3 N–H and O–H groups in total. The molecule has 46 heavy (non-hydrogen) atoms. The van der Waals surface area contributed by atoms with Crippen LogP contribution in [-0.2, 0) is 16.8 Å². The van der Waals surface area contributed by atoms with E-state index in [-0.39, 0.29) is 23.9 Å². The maximum Gasteiger partial charge on any atom is 0.324 e. The fourth-order valence-corrected chi connectivity index (χ4v) is 5.87. The van der Waals surface area contributed by atoms with Crippen LogP contribution in [0.5, 0.6) is 11.8 Å². The van der Waals surface area contributed by atoms with Crippen LogP contribution in [0, 0.1) is 6.92 Å². The van der Waals surface area contributed by atoms with E-state index in [1.165, 1.54) is 23.7 Å². The Hall–Kier alpha value is -5.14. The average molecular weight is 639 g/mol. The number of aryl methyl sites for hydroxylation is 1. The first-order valence-corrected chi connectivity index (χ1v) is 15.6. The predicted octanol–water partition coefficient (Wildman–Crippen LogP) is 6.45. The van der Waals surface area contributed by atoms with E-state index in [1.54, 1.807) is 15.8 Å². The highest BCUT2D eigenvalue weighted by atomic mass is 32.1. The van der Waals surface area contributed by atoms with Gasteiger partial charge in [0.25, 0.3) is 0 Å². The molecule has 1 aliphatic rings. The van der Waals surface area contributed by atoms with Crippen LogP contribution in [0.2, 0.25) is 0 Å². The first-order chi connectivity index (χ1) is 22.1. The number of aromatic nitrogens is 5. The number of thiazole rings is 1. The van der Waals surface area contributed by atoms with Gasteiger partial charge in [-0.05, 0) is 66.4 Å². The number of benzene rings is 2. The Morgan fingerprint density at radius 1 is 1.02 bits per heavy atom. The summed E-state index contributed by atoms with van der Waals surface area (Å²) in [7, 11) is 0.